The number of aliphatic hydroxyl groups excluding tert-OH is 1. The van der Waals surface area contributed by atoms with E-state index in [2.05, 4.69) is 30.0 Å². The highest BCUT2D eigenvalue weighted by Gasteiger charge is 2.17. The van der Waals surface area contributed by atoms with E-state index in [-0.39, 0.29) is 5.60 Å². The Labute approximate surface area is 128 Å². The van der Waals surface area contributed by atoms with Gasteiger partial charge in [0.25, 0.3) is 0 Å². The topological polar surface area (TPSA) is 50.5 Å². The number of rotatable bonds is 7. The van der Waals surface area contributed by atoms with E-state index < -0.39 is 6.10 Å². The van der Waals surface area contributed by atoms with Crippen LogP contribution in [0.1, 0.15) is 51.8 Å². The number of hydrogen-bond acceptors (Lipinski definition) is 4. The third-order valence-corrected chi connectivity index (χ3v) is 3.16. The lowest BCUT2D eigenvalue weighted by atomic mass is 10.1. The molecule has 0 aliphatic carbocycles. The van der Waals surface area contributed by atoms with Crippen LogP contribution in [0.5, 0.6) is 0 Å². The summed E-state index contributed by atoms with van der Waals surface area (Å²) in [5.74, 6) is 0.406. The van der Waals surface area contributed by atoms with Crippen molar-refractivity contribution in [1.29, 1.82) is 0 Å². The van der Waals surface area contributed by atoms with Crippen LogP contribution in [0.15, 0.2) is 6.20 Å². The van der Waals surface area contributed by atoms with Crippen molar-refractivity contribution in [2.45, 2.75) is 58.8 Å². The van der Waals surface area contributed by atoms with Crippen LogP contribution in [-0.2, 0) is 18.3 Å². The molecule has 0 aromatic carbocycles. The second-order valence-electron chi connectivity index (χ2n) is 7.14. The average molecular weight is 297 g/mol. The normalized spacial score (nSPS) is 14.2. The maximum Gasteiger partial charge on any atom is 0.0900 e. The van der Waals surface area contributed by atoms with Gasteiger partial charge in [0.05, 0.1) is 24.0 Å². The molecule has 1 rings (SSSR count). The van der Waals surface area contributed by atoms with E-state index in [4.69, 9.17) is 4.74 Å². The van der Waals surface area contributed by atoms with E-state index in [9.17, 15) is 5.11 Å². The van der Waals surface area contributed by atoms with Gasteiger partial charge in [0.1, 0.15) is 0 Å². The molecule has 0 saturated heterocycles. The Balaban J connectivity index is 2.52. The van der Waals surface area contributed by atoms with Gasteiger partial charge in [-0.1, -0.05) is 13.8 Å². The van der Waals surface area contributed by atoms with Gasteiger partial charge in [-0.05, 0) is 33.7 Å². The van der Waals surface area contributed by atoms with E-state index in [0.717, 1.165) is 12.2 Å². The van der Waals surface area contributed by atoms with Gasteiger partial charge in [-0.25, -0.2) is 0 Å². The summed E-state index contributed by atoms with van der Waals surface area (Å²) in [6.07, 6.45) is 1.58. The molecule has 0 radical (unpaired) electrons. The second-order valence-corrected chi connectivity index (χ2v) is 7.14. The molecule has 1 unspecified atom stereocenters. The second kappa shape index (κ2) is 7.38. The Morgan fingerprint density at radius 3 is 2.52 bits per heavy atom. The Bertz CT molecular complexity index is 435. The summed E-state index contributed by atoms with van der Waals surface area (Å²) in [4.78, 5) is 2.11. The van der Waals surface area contributed by atoms with E-state index in [1.807, 2.05) is 39.5 Å². The summed E-state index contributed by atoms with van der Waals surface area (Å²) in [7, 11) is 3.96. The number of ether oxygens (including phenoxy) is 1. The van der Waals surface area contributed by atoms with Gasteiger partial charge in [0.15, 0.2) is 0 Å². The van der Waals surface area contributed by atoms with Gasteiger partial charge < -0.3 is 9.84 Å². The van der Waals surface area contributed by atoms with Crippen LogP contribution in [0.3, 0.4) is 0 Å². The first-order chi connectivity index (χ1) is 9.58. The molecule has 0 aliphatic rings. The minimum absolute atomic E-state index is 0.215. The fraction of sp³-hybridized carbons (Fsp3) is 0.812. The smallest absolute Gasteiger partial charge is 0.0900 e. The van der Waals surface area contributed by atoms with Crippen molar-refractivity contribution < 1.29 is 9.84 Å². The van der Waals surface area contributed by atoms with Crippen LogP contribution in [0.2, 0.25) is 0 Å². The number of likely N-dealkylation sites (N-methyl/N-ethyl adjacent to an activating group) is 1. The molecule has 1 heterocycles. The number of aryl methyl sites for hydroxylation is 1. The molecule has 0 fully saturated rings. The minimum atomic E-state index is -0.478. The van der Waals surface area contributed by atoms with Crippen LogP contribution in [-0.4, -0.2) is 51.7 Å². The van der Waals surface area contributed by atoms with E-state index in [1.165, 1.54) is 5.56 Å². The number of hydrogen-bond donors (Lipinski definition) is 1. The van der Waals surface area contributed by atoms with E-state index in [1.54, 1.807) is 0 Å². The molecule has 0 spiro atoms. The minimum Gasteiger partial charge on any atom is -0.389 e. The van der Waals surface area contributed by atoms with Crippen molar-refractivity contribution in [2.24, 2.45) is 7.05 Å². The molecule has 5 nitrogen and oxygen atoms in total. The molecule has 1 N–H and O–H groups in total. The summed E-state index contributed by atoms with van der Waals surface area (Å²) < 4.78 is 7.47. The maximum absolute atomic E-state index is 10.1. The zero-order valence-electron chi connectivity index (χ0n) is 14.6. The highest BCUT2D eigenvalue weighted by molar-refractivity contribution is 5.20. The fourth-order valence-electron chi connectivity index (χ4n) is 2.28. The molecule has 5 heteroatoms. The van der Waals surface area contributed by atoms with Gasteiger partial charge in [-0.2, -0.15) is 5.10 Å². The summed E-state index contributed by atoms with van der Waals surface area (Å²) in [6.45, 7) is 12.0. The molecular weight excluding hydrogens is 266 g/mol. The van der Waals surface area contributed by atoms with Gasteiger partial charge in [-0.3, -0.25) is 9.58 Å². The van der Waals surface area contributed by atoms with Crippen molar-refractivity contribution in [2.75, 3.05) is 20.2 Å². The third-order valence-electron chi connectivity index (χ3n) is 3.16. The quantitative estimate of drug-likeness (QED) is 0.838. The monoisotopic (exact) mass is 297 g/mol. The fourth-order valence-corrected chi connectivity index (χ4v) is 2.28. The molecule has 0 bridgehead atoms. The SMILES string of the molecule is CC(C)c1nn(C)cc1CN(C)CC(O)COC(C)(C)C. The molecule has 0 amide bonds. The number of aliphatic hydroxyl groups is 1. The lowest BCUT2D eigenvalue weighted by molar-refractivity contribution is -0.0550. The Morgan fingerprint density at radius 2 is 2.00 bits per heavy atom. The lowest BCUT2D eigenvalue weighted by Gasteiger charge is -2.25. The molecule has 21 heavy (non-hydrogen) atoms. The van der Waals surface area contributed by atoms with Crippen LogP contribution < -0.4 is 0 Å². The predicted molar refractivity (Wildman–Crippen MR) is 85.3 cm³/mol. The van der Waals surface area contributed by atoms with Crippen molar-refractivity contribution in [3.8, 4) is 0 Å². The Morgan fingerprint density at radius 1 is 1.38 bits per heavy atom. The van der Waals surface area contributed by atoms with Crippen molar-refractivity contribution >= 4 is 0 Å². The molecule has 1 aromatic rings. The van der Waals surface area contributed by atoms with E-state index >= 15 is 0 Å². The van der Waals surface area contributed by atoms with Crippen molar-refractivity contribution in [1.82, 2.24) is 14.7 Å². The van der Waals surface area contributed by atoms with Gasteiger partial charge >= 0.3 is 0 Å². The third kappa shape index (κ3) is 6.59. The standard InChI is InChI=1S/C16H31N3O2/c1-12(2)15-13(9-19(7)17-15)8-18(6)10-14(20)11-21-16(3,4)5/h9,12,14,20H,8,10-11H2,1-7H3. The summed E-state index contributed by atoms with van der Waals surface area (Å²) in [5, 5.41) is 14.6. The molecule has 0 aliphatic heterocycles. The zero-order chi connectivity index (χ0) is 16.2. The Hall–Kier alpha value is -0.910. The molecule has 1 atom stereocenters. The highest BCUT2D eigenvalue weighted by atomic mass is 16.5. The number of aromatic nitrogens is 2. The lowest BCUT2D eigenvalue weighted by Crippen LogP contribution is -2.34. The van der Waals surface area contributed by atoms with Crippen LogP contribution in [0.25, 0.3) is 0 Å². The van der Waals surface area contributed by atoms with Crippen LogP contribution >= 0.6 is 0 Å². The predicted octanol–water partition coefficient (Wildman–Crippen LogP) is 2.15. The van der Waals surface area contributed by atoms with Gasteiger partial charge in [0, 0.05) is 31.9 Å². The largest absolute Gasteiger partial charge is 0.389 e. The zero-order valence-corrected chi connectivity index (χ0v) is 14.6. The van der Waals surface area contributed by atoms with Crippen molar-refractivity contribution in [3.05, 3.63) is 17.5 Å². The molecule has 1 aromatic heterocycles. The first-order valence-electron chi connectivity index (χ1n) is 7.61. The van der Waals surface area contributed by atoms with Crippen LogP contribution in [0, 0.1) is 0 Å². The molecule has 0 saturated carbocycles. The maximum atomic E-state index is 10.1. The van der Waals surface area contributed by atoms with Gasteiger partial charge in [-0.15, -0.1) is 0 Å². The van der Waals surface area contributed by atoms with E-state index in [0.29, 0.717) is 19.1 Å². The molecule has 122 valence electrons. The van der Waals surface area contributed by atoms with Crippen molar-refractivity contribution in [3.63, 3.8) is 0 Å². The highest BCUT2D eigenvalue weighted by Crippen LogP contribution is 2.18. The van der Waals surface area contributed by atoms with Crippen LogP contribution in [0.4, 0.5) is 0 Å². The number of nitrogens with zero attached hydrogens (tertiary/aromatic N) is 3. The average Bonchev–Trinajstić information content (AvgIpc) is 2.66. The first-order valence-corrected chi connectivity index (χ1v) is 7.61. The first kappa shape index (κ1) is 18.1. The summed E-state index contributed by atoms with van der Waals surface area (Å²) in [6, 6.07) is 0. The Kier molecular flexibility index (Phi) is 6.38. The summed E-state index contributed by atoms with van der Waals surface area (Å²) in [5.41, 5.74) is 2.14. The summed E-state index contributed by atoms with van der Waals surface area (Å²) >= 11 is 0. The van der Waals surface area contributed by atoms with Gasteiger partial charge in [0.2, 0.25) is 0 Å². The molecular formula is C16H31N3O2.